The molecule has 1 amide bonds. The highest BCUT2D eigenvalue weighted by atomic mass is 19.1. The van der Waals surface area contributed by atoms with E-state index in [1.807, 2.05) is 0 Å². The highest BCUT2D eigenvalue weighted by Crippen LogP contribution is 2.34. The van der Waals surface area contributed by atoms with Crippen LogP contribution >= 0.6 is 0 Å². The first-order valence-corrected chi connectivity index (χ1v) is 7.40. The molecule has 1 heterocycles. The second-order valence-electron chi connectivity index (χ2n) is 5.11. The van der Waals surface area contributed by atoms with Crippen molar-refractivity contribution in [3.05, 3.63) is 59.9 Å². The normalized spacial score (nSPS) is 12.2. The van der Waals surface area contributed by atoms with Gasteiger partial charge in [0.15, 0.2) is 18.1 Å². The van der Waals surface area contributed by atoms with Gasteiger partial charge in [0.1, 0.15) is 5.82 Å². The molecule has 2 aromatic carbocycles. The van der Waals surface area contributed by atoms with Crippen molar-refractivity contribution in [2.75, 3.05) is 18.7 Å². The van der Waals surface area contributed by atoms with E-state index in [1.165, 1.54) is 36.4 Å². The summed E-state index contributed by atoms with van der Waals surface area (Å²) in [6, 6.07) is 10.6. The molecule has 0 saturated carbocycles. The first kappa shape index (κ1) is 16.5. The quantitative estimate of drug-likeness (QED) is 0.667. The van der Waals surface area contributed by atoms with Gasteiger partial charge in [0, 0.05) is 17.8 Å². The minimum absolute atomic E-state index is 0.144. The summed E-state index contributed by atoms with van der Waals surface area (Å²) in [4.78, 5) is 23.4. The third-order valence-corrected chi connectivity index (χ3v) is 3.28. The highest BCUT2D eigenvalue weighted by molar-refractivity contribution is 5.94. The lowest BCUT2D eigenvalue weighted by atomic mass is 10.2. The van der Waals surface area contributed by atoms with Gasteiger partial charge in [0.2, 0.25) is 6.79 Å². The largest absolute Gasteiger partial charge is 0.454 e. The zero-order valence-corrected chi connectivity index (χ0v) is 13.0. The van der Waals surface area contributed by atoms with Gasteiger partial charge in [-0.1, -0.05) is 12.1 Å². The van der Waals surface area contributed by atoms with Crippen molar-refractivity contribution in [3.8, 4) is 11.5 Å². The Hall–Kier alpha value is -3.35. The second-order valence-corrected chi connectivity index (χ2v) is 5.11. The van der Waals surface area contributed by atoms with Crippen LogP contribution in [0.2, 0.25) is 0 Å². The third-order valence-electron chi connectivity index (χ3n) is 3.28. The van der Waals surface area contributed by atoms with Crippen LogP contribution in [0.5, 0.6) is 11.5 Å². The molecule has 0 saturated heterocycles. The molecule has 128 valence electrons. The summed E-state index contributed by atoms with van der Waals surface area (Å²) in [6.07, 6.45) is 2.64. The number of benzene rings is 2. The predicted molar refractivity (Wildman–Crippen MR) is 87.6 cm³/mol. The smallest absolute Gasteiger partial charge is 0.331 e. The van der Waals surface area contributed by atoms with Crippen LogP contribution in [-0.4, -0.2) is 25.3 Å². The molecule has 0 aliphatic carbocycles. The van der Waals surface area contributed by atoms with Crippen LogP contribution < -0.4 is 14.8 Å². The Morgan fingerprint density at radius 2 is 1.88 bits per heavy atom. The number of anilines is 1. The average Bonchev–Trinajstić information content (AvgIpc) is 3.07. The molecular weight excluding hydrogens is 329 g/mol. The fraction of sp³-hybridized carbons (Fsp3) is 0.111. The number of ether oxygens (including phenoxy) is 3. The van der Waals surface area contributed by atoms with Gasteiger partial charge in [-0.2, -0.15) is 0 Å². The van der Waals surface area contributed by atoms with Crippen molar-refractivity contribution in [2.45, 2.75) is 0 Å². The Morgan fingerprint density at radius 3 is 2.68 bits per heavy atom. The van der Waals surface area contributed by atoms with Crippen LogP contribution in [0.1, 0.15) is 5.56 Å². The molecule has 2 aromatic rings. The topological polar surface area (TPSA) is 73.9 Å². The lowest BCUT2D eigenvalue weighted by Crippen LogP contribution is -2.20. The van der Waals surface area contributed by atoms with Crippen molar-refractivity contribution in [1.29, 1.82) is 0 Å². The summed E-state index contributed by atoms with van der Waals surface area (Å²) >= 11 is 0. The number of halogens is 1. The number of hydrogen-bond donors (Lipinski definition) is 1. The molecule has 0 atom stereocenters. The maximum Gasteiger partial charge on any atom is 0.331 e. The summed E-state index contributed by atoms with van der Waals surface area (Å²) in [5.74, 6) is -0.375. The molecule has 7 heteroatoms. The fourth-order valence-electron chi connectivity index (χ4n) is 2.09. The van der Waals surface area contributed by atoms with Gasteiger partial charge < -0.3 is 19.5 Å². The van der Waals surface area contributed by atoms with Crippen molar-refractivity contribution in [2.24, 2.45) is 0 Å². The number of fused-ring (bicyclic) bond motifs is 1. The van der Waals surface area contributed by atoms with Crippen molar-refractivity contribution in [3.63, 3.8) is 0 Å². The Bertz CT molecular complexity index is 817. The monoisotopic (exact) mass is 343 g/mol. The molecule has 0 aromatic heterocycles. The van der Waals surface area contributed by atoms with Gasteiger partial charge in [0.05, 0.1) is 0 Å². The van der Waals surface area contributed by atoms with Gasteiger partial charge in [0.25, 0.3) is 5.91 Å². The predicted octanol–water partition coefficient (Wildman–Crippen LogP) is 2.75. The number of hydrogen-bond acceptors (Lipinski definition) is 5. The zero-order valence-electron chi connectivity index (χ0n) is 13.0. The molecule has 0 unspecified atom stereocenters. The number of esters is 1. The number of carbonyl (C=O) groups excluding carboxylic acids is 2. The number of amides is 1. The molecule has 6 nitrogen and oxygen atoms in total. The molecule has 25 heavy (non-hydrogen) atoms. The molecule has 0 bridgehead atoms. The minimum Gasteiger partial charge on any atom is -0.454 e. The zero-order chi connectivity index (χ0) is 17.6. The molecule has 1 aliphatic rings. The summed E-state index contributed by atoms with van der Waals surface area (Å²) in [7, 11) is 0. The Balaban J connectivity index is 1.47. The summed E-state index contributed by atoms with van der Waals surface area (Å²) in [6.45, 7) is -0.286. The molecule has 3 rings (SSSR count). The average molecular weight is 343 g/mol. The number of carbonyl (C=O) groups is 2. The Labute approximate surface area is 142 Å². The summed E-state index contributed by atoms with van der Waals surface area (Å²) < 4.78 is 28.0. The van der Waals surface area contributed by atoms with E-state index in [0.717, 1.165) is 0 Å². The maximum absolute atomic E-state index is 12.8. The van der Waals surface area contributed by atoms with Gasteiger partial charge >= 0.3 is 5.97 Å². The molecular formula is C18H14FNO5. The number of nitrogens with one attached hydrogen (secondary N) is 1. The summed E-state index contributed by atoms with van der Waals surface area (Å²) in [5.41, 5.74) is 1.15. The van der Waals surface area contributed by atoms with E-state index < -0.39 is 18.5 Å². The molecule has 0 fully saturated rings. The van der Waals surface area contributed by atoms with E-state index in [9.17, 15) is 14.0 Å². The molecule has 0 radical (unpaired) electrons. The van der Waals surface area contributed by atoms with Gasteiger partial charge in [-0.25, -0.2) is 9.18 Å². The van der Waals surface area contributed by atoms with Crippen LogP contribution in [0.25, 0.3) is 6.08 Å². The van der Waals surface area contributed by atoms with Crippen LogP contribution in [-0.2, 0) is 14.3 Å². The van der Waals surface area contributed by atoms with Crippen molar-refractivity contribution >= 4 is 23.6 Å². The van der Waals surface area contributed by atoms with Gasteiger partial charge in [-0.15, -0.1) is 0 Å². The van der Waals surface area contributed by atoms with Crippen LogP contribution in [0, 0.1) is 5.82 Å². The van der Waals surface area contributed by atoms with Gasteiger partial charge in [-0.05, 0) is 35.9 Å². The van der Waals surface area contributed by atoms with E-state index in [0.29, 0.717) is 22.7 Å². The minimum atomic E-state index is -0.676. The molecule has 0 spiro atoms. The van der Waals surface area contributed by atoms with E-state index in [1.54, 1.807) is 18.2 Å². The maximum atomic E-state index is 12.8. The van der Waals surface area contributed by atoms with Crippen LogP contribution in [0.3, 0.4) is 0 Å². The van der Waals surface area contributed by atoms with E-state index in [-0.39, 0.29) is 12.6 Å². The lowest BCUT2D eigenvalue weighted by molar-refractivity contribution is -0.142. The summed E-state index contributed by atoms with van der Waals surface area (Å²) in [5, 5.41) is 2.59. The van der Waals surface area contributed by atoms with Crippen molar-refractivity contribution < 1.29 is 28.2 Å². The molecule has 1 N–H and O–H groups in total. The Kier molecular flexibility index (Phi) is 4.94. The standard InChI is InChI=1S/C18H14FNO5/c19-13-4-1-12(2-5-13)3-8-18(22)23-10-17(21)20-14-6-7-15-16(9-14)25-11-24-15/h1-9H,10-11H2,(H,20,21). The third kappa shape index (κ3) is 4.57. The van der Waals surface area contributed by atoms with Crippen LogP contribution in [0.4, 0.5) is 10.1 Å². The van der Waals surface area contributed by atoms with E-state index in [2.05, 4.69) is 5.32 Å². The lowest BCUT2D eigenvalue weighted by Gasteiger charge is -2.06. The van der Waals surface area contributed by atoms with E-state index >= 15 is 0 Å². The highest BCUT2D eigenvalue weighted by Gasteiger charge is 2.14. The van der Waals surface area contributed by atoms with Crippen molar-refractivity contribution in [1.82, 2.24) is 0 Å². The molecule has 1 aliphatic heterocycles. The first-order valence-electron chi connectivity index (χ1n) is 7.40. The fourth-order valence-corrected chi connectivity index (χ4v) is 2.09. The SMILES string of the molecule is O=C(COC(=O)C=Cc1ccc(F)cc1)Nc1ccc2c(c1)OCO2. The van der Waals surface area contributed by atoms with Crippen LogP contribution in [0.15, 0.2) is 48.5 Å². The first-order chi connectivity index (χ1) is 12.1. The second kappa shape index (κ2) is 7.48. The Morgan fingerprint density at radius 1 is 1.12 bits per heavy atom. The van der Waals surface area contributed by atoms with E-state index in [4.69, 9.17) is 14.2 Å². The number of rotatable bonds is 5. The van der Waals surface area contributed by atoms with Gasteiger partial charge in [-0.3, -0.25) is 4.79 Å².